The van der Waals surface area contributed by atoms with E-state index in [1.165, 1.54) is 12.8 Å². The van der Waals surface area contributed by atoms with Crippen molar-refractivity contribution in [2.75, 3.05) is 25.2 Å². The Hall–Kier alpha value is -1.91. The molecule has 5 heteroatoms. The Balaban J connectivity index is 1.62. The van der Waals surface area contributed by atoms with Gasteiger partial charge in [-0.2, -0.15) is 0 Å². The Morgan fingerprint density at radius 3 is 2.62 bits per heavy atom. The van der Waals surface area contributed by atoms with Crippen molar-refractivity contribution in [2.45, 2.75) is 38.6 Å². The number of ether oxygens (including phenoxy) is 2. The van der Waals surface area contributed by atoms with E-state index in [-0.39, 0.29) is 18.7 Å². The molecule has 2 aliphatic heterocycles. The molecule has 1 atom stereocenters. The van der Waals surface area contributed by atoms with Crippen LogP contribution in [0.15, 0.2) is 18.2 Å². The highest BCUT2D eigenvalue weighted by Crippen LogP contribution is 2.34. The third kappa shape index (κ3) is 3.23. The van der Waals surface area contributed by atoms with Crippen LogP contribution in [0.2, 0.25) is 0 Å². The molecule has 1 aromatic carbocycles. The summed E-state index contributed by atoms with van der Waals surface area (Å²) in [6.07, 6.45) is 4.69. The van der Waals surface area contributed by atoms with E-state index in [0.717, 1.165) is 43.1 Å². The number of benzene rings is 1. The molecule has 0 aromatic heterocycles. The van der Waals surface area contributed by atoms with E-state index in [1.54, 1.807) is 0 Å². The lowest BCUT2D eigenvalue weighted by atomic mass is 10.2. The van der Waals surface area contributed by atoms with Crippen LogP contribution in [0, 0.1) is 0 Å². The van der Waals surface area contributed by atoms with E-state index >= 15 is 0 Å². The molecule has 0 radical (unpaired) electrons. The molecule has 1 N–H and O–H groups in total. The van der Waals surface area contributed by atoms with E-state index in [2.05, 4.69) is 5.32 Å². The molecule has 0 aliphatic carbocycles. The third-order valence-corrected chi connectivity index (χ3v) is 4.04. The maximum absolute atomic E-state index is 12.5. The van der Waals surface area contributed by atoms with Crippen LogP contribution < -0.4 is 14.8 Å². The molecule has 0 saturated carbocycles. The fourth-order valence-electron chi connectivity index (χ4n) is 2.86. The highest BCUT2D eigenvalue weighted by Gasteiger charge is 2.22. The highest BCUT2D eigenvalue weighted by molar-refractivity contribution is 5.84. The van der Waals surface area contributed by atoms with Gasteiger partial charge in [-0.15, -0.1) is 0 Å². The van der Waals surface area contributed by atoms with E-state index < -0.39 is 0 Å². The number of rotatable bonds is 3. The number of nitrogens with one attached hydrogen (secondary N) is 1. The van der Waals surface area contributed by atoms with Gasteiger partial charge in [0, 0.05) is 24.8 Å². The monoisotopic (exact) mass is 290 g/mol. The van der Waals surface area contributed by atoms with Crippen molar-refractivity contribution in [1.29, 1.82) is 0 Å². The van der Waals surface area contributed by atoms with Crippen molar-refractivity contribution < 1.29 is 14.3 Å². The molecule has 5 nitrogen and oxygen atoms in total. The third-order valence-electron chi connectivity index (χ3n) is 4.04. The van der Waals surface area contributed by atoms with Crippen LogP contribution in [-0.4, -0.2) is 36.7 Å². The Bertz CT molecular complexity index is 510. The van der Waals surface area contributed by atoms with E-state index in [9.17, 15) is 4.79 Å². The zero-order valence-corrected chi connectivity index (χ0v) is 12.4. The number of fused-ring (bicyclic) bond motifs is 1. The number of hydrogen-bond acceptors (Lipinski definition) is 4. The fraction of sp³-hybridized carbons (Fsp3) is 0.562. The summed E-state index contributed by atoms with van der Waals surface area (Å²) < 4.78 is 10.6. The van der Waals surface area contributed by atoms with Gasteiger partial charge in [-0.1, -0.05) is 12.8 Å². The average molecular weight is 290 g/mol. The lowest BCUT2D eigenvalue weighted by molar-refractivity contribution is -0.131. The summed E-state index contributed by atoms with van der Waals surface area (Å²) in [7, 11) is 0. The minimum atomic E-state index is -0.233. The quantitative estimate of drug-likeness (QED) is 0.929. The summed E-state index contributed by atoms with van der Waals surface area (Å²) in [5.74, 6) is 1.66. The molecule has 1 aromatic rings. The van der Waals surface area contributed by atoms with Crippen molar-refractivity contribution >= 4 is 11.6 Å². The number of likely N-dealkylation sites (tertiary alicyclic amines) is 1. The van der Waals surface area contributed by atoms with Crippen molar-refractivity contribution in [1.82, 2.24) is 4.90 Å². The molecular weight excluding hydrogens is 268 g/mol. The predicted octanol–water partition coefficient (Wildman–Crippen LogP) is 2.62. The largest absolute Gasteiger partial charge is 0.454 e. The summed E-state index contributed by atoms with van der Waals surface area (Å²) in [5.41, 5.74) is 0.884. The van der Waals surface area contributed by atoms with Crippen LogP contribution in [-0.2, 0) is 4.79 Å². The summed E-state index contributed by atoms with van der Waals surface area (Å²) in [6.45, 7) is 3.94. The van der Waals surface area contributed by atoms with E-state index in [4.69, 9.17) is 9.47 Å². The van der Waals surface area contributed by atoms with Crippen molar-refractivity contribution in [3.05, 3.63) is 18.2 Å². The Labute approximate surface area is 125 Å². The molecule has 2 aliphatic rings. The van der Waals surface area contributed by atoms with Gasteiger partial charge in [0.05, 0.1) is 0 Å². The standard InChI is InChI=1S/C16H22N2O3/c1-12(16(19)18-8-4-2-3-5-9-18)17-13-6-7-14-15(10-13)21-11-20-14/h6-7,10,12,17H,2-5,8-9,11H2,1H3. The minimum Gasteiger partial charge on any atom is -0.454 e. The topological polar surface area (TPSA) is 50.8 Å². The van der Waals surface area contributed by atoms with Gasteiger partial charge in [0.15, 0.2) is 11.5 Å². The average Bonchev–Trinajstić information content (AvgIpc) is 2.78. The van der Waals surface area contributed by atoms with Gasteiger partial charge in [0.25, 0.3) is 0 Å². The van der Waals surface area contributed by atoms with E-state index in [1.807, 2.05) is 30.0 Å². The maximum Gasteiger partial charge on any atom is 0.244 e. The molecule has 1 fully saturated rings. The first-order chi connectivity index (χ1) is 10.2. The molecule has 114 valence electrons. The predicted molar refractivity (Wildman–Crippen MR) is 80.7 cm³/mol. The molecule has 1 unspecified atom stereocenters. The summed E-state index contributed by atoms with van der Waals surface area (Å²) >= 11 is 0. The lowest BCUT2D eigenvalue weighted by Crippen LogP contribution is -2.41. The molecule has 3 rings (SSSR count). The van der Waals surface area contributed by atoms with Gasteiger partial charge >= 0.3 is 0 Å². The van der Waals surface area contributed by atoms with Crippen LogP contribution in [0.5, 0.6) is 11.5 Å². The number of amides is 1. The number of carbonyl (C=O) groups excluding carboxylic acids is 1. The Kier molecular flexibility index (Phi) is 4.18. The van der Waals surface area contributed by atoms with Crippen LogP contribution in [0.4, 0.5) is 5.69 Å². The first-order valence-electron chi connectivity index (χ1n) is 7.69. The summed E-state index contributed by atoms with van der Waals surface area (Å²) in [4.78, 5) is 14.5. The summed E-state index contributed by atoms with van der Waals surface area (Å²) in [5, 5.41) is 3.26. The number of nitrogens with zero attached hydrogens (tertiary/aromatic N) is 1. The van der Waals surface area contributed by atoms with Crippen LogP contribution in [0.3, 0.4) is 0 Å². The fourth-order valence-corrected chi connectivity index (χ4v) is 2.86. The van der Waals surface area contributed by atoms with Crippen molar-refractivity contribution in [2.24, 2.45) is 0 Å². The molecular formula is C16H22N2O3. The highest BCUT2D eigenvalue weighted by atomic mass is 16.7. The molecule has 1 saturated heterocycles. The van der Waals surface area contributed by atoms with Crippen LogP contribution in [0.1, 0.15) is 32.6 Å². The second kappa shape index (κ2) is 6.24. The van der Waals surface area contributed by atoms with Gasteiger partial charge in [0.1, 0.15) is 6.04 Å². The Morgan fingerprint density at radius 1 is 1.14 bits per heavy atom. The number of carbonyl (C=O) groups is 1. The molecule has 21 heavy (non-hydrogen) atoms. The maximum atomic E-state index is 12.5. The number of anilines is 1. The number of hydrogen-bond donors (Lipinski definition) is 1. The first-order valence-corrected chi connectivity index (χ1v) is 7.69. The van der Waals surface area contributed by atoms with Crippen LogP contribution in [0.25, 0.3) is 0 Å². The SMILES string of the molecule is CC(Nc1ccc2c(c1)OCO2)C(=O)N1CCCCCC1. The Morgan fingerprint density at radius 2 is 1.86 bits per heavy atom. The van der Waals surface area contributed by atoms with Gasteiger partial charge in [-0.3, -0.25) is 4.79 Å². The van der Waals surface area contributed by atoms with Crippen molar-refractivity contribution in [3.63, 3.8) is 0 Å². The summed E-state index contributed by atoms with van der Waals surface area (Å²) in [6, 6.07) is 5.44. The second-order valence-corrected chi connectivity index (χ2v) is 5.67. The smallest absolute Gasteiger partial charge is 0.244 e. The zero-order valence-electron chi connectivity index (χ0n) is 12.4. The van der Waals surface area contributed by atoms with E-state index in [0.29, 0.717) is 0 Å². The van der Waals surface area contributed by atoms with Gasteiger partial charge in [-0.05, 0) is 31.9 Å². The zero-order chi connectivity index (χ0) is 14.7. The van der Waals surface area contributed by atoms with Crippen molar-refractivity contribution in [3.8, 4) is 11.5 Å². The normalized spacial score (nSPS) is 19.0. The first kappa shape index (κ1) is 14.0. The minimum absolute atomic E-state index is 0.176. The molecule has 0 bridgehead atoms. The molecule has 1 amide bonds. The van der Waals surface area contributed by atoms with Gasteiger partial charge < -0.3 is 19.7 Å². The van der Waals surface area contributed by atoms with Gasteiger partial charge in [-0.25, -0.2) is 0 Å². The van der Waals surface area contributed by atoms with Crippen LogP contribution >= 0.6 is 0 Å². The lowest BCUT2D eigenvalue weighted by Gasteiger charge is -2.25. The second-order valence-electron chi connectivity index (χ2n) is 5.67. The molecule has 0 spiro atoms. The molecule has 2 heterocycles. The van der Waals surface area contributed by atoms with Gasteiger partial charge in [0.2, 0.25) is 12.7 Å².